The molecule has 0 radical (unpaired) electrons. The summed E-state index contributed by atoms with van der Waals surface area (Å²) in [6.07, 6.45) is 3.14. The van der Waals surface area contributed by atoms with Gasteiger partial charge in [0.15, 0.2) is 0 Å². The zero-order valence-electron chi connectivity index (χ0n) is 11.8. The lowest BCUT2D eigenvalue weighted by Crippen LogP contribution is -2.33. The smallest absolute Gasteiger partial charge is 0.259 e. The van der Waals surface area contributed by atoms with Crippen LogP contribution in [0, 0.1) is 0 Å². The standard InChI is InChI=1S/C14H19ClN2O3S/c1-2-14(7-3-4-8-15)11-9-10(17-21(19)20)5-6-12(11)16-13(14)18/h5-6,9,17H,2-4,7-8H2,1H3,(H,16,18)(H,19,20). The Balaban J connectivity index is 2.35. The molecule has 0 saturated carbocycles. The first kappa shape index (κ1) is 16.3. The van der Waals surface area contributed by atoms with Gasteiger partial charge in [-0.25, -0.2) is 4.21 Å². The number of rotatable bonds is 7. The van der Waals surface area contributed by atoms with Gasteiger partial charge in [0, 0.05) is 17.3 Å². The van der Waals surface area contributed by atoms with Crippen molar-refractivity contribution in [3.05, 3.63) is 23.8 Å². The van der Waals surface area contributed by atoms with Crippen molar-refractivity contribution in [3.8, 4) is 0 Å². The van der Waals surface area contributed by atoms with E-state index in [0.29, 0.717) is 18.0 Å². The van der Waals surface area contributed by atoms with Gasteiger partial charge in [0.25, 0.3) is 11.3 Å². The lowest BCUT2D eigenvalue weighted by atomic mass is 9.75. The van der Waals surface area contributed by atoms with E-state index in [1.54, 1.807) is 18.2 Å². The molecule has 1 amide bonds. The molecule has 3 N–H and O–H groups in total. The molecule has 1 aromatic carbocycles. The molecular weight excluding hydrogens is 312 g/mol. The number of unbranched alkanes of at least 4 members (excludes halogenated alkanes) is 1. The van der Waals surface area contributed by atoms with Crippen LogP contribution in [0.2, 0.25) is 0 Å². The second-order valence-electron chi connectivity index (χ2n) is 5.15. The molecular formula is C14H19ClN2O3S. The molecule has 2 unspecified atom stereocenters. The topological polar surface area (TPSA) is 78.4 Å². The Morgan fingerprint density at radius 3 is 2.81 bits per heavy atom. The summed E-state index contributed by atoms with van der Waals surface area (Å²) < 4.78 is 22.3. The monoisotopic (exact) mass is 330 g/mol. The van der Waals surface area contributed by atoms with Crippen LogP contribution in [-0.4, -0.2) is 20.5 Å². The summed E-state index contributed by atoms with van der Waals surface area (Å²) in [5, 5.41) is 2.91. The van der Waals surface area contributed by atoms with Crippen molar-refractivity contribution in [3.63, 3.8) is 0 Å². The van der Waals surface area contributed by atoms with E-state index in [4.69, 9.17) is 16.2 Å². The number of halogens is 1. The maximum Gasteiger partial charge on any atom is 0.259 e. The van der Waals surface area contributed by atoms with E-state index in [1.165, 1.54) is 0 Å². The van der Waals surface area contributed by atoms with Gasteiger partial charge in [-0.2, -0.15) is 0 Å². The lowest BCUT2D eigenvalue weighted by Gasteiger charge is -2.26. The number of amides is 1. The first-order valence-electron chi connectivity index (χ1n) is 6.93. The summed E-state index contributed by atoms with van der Waals surface area (Å²) in [5.74, 6) is 0.580. The maximum atomic E-state index is 12.4. The van der Waals surface area contributed by atoms with E-state index >= 15 is 0 Å². The van der Waals surface area contributed by atoms with Gasteiger partial charge in [0.05, 0.1) is 5.41 Å². The highest BCUT2D eigenvalue weighted by atomic mass is 35.5. The van der Waals surface area contributed by atoms with Crippen LogP contribution < -0.4 is 10.0 Å². The van der Waals surface area contributed by atoms with Gasteiger partial charge in [0.2, 0.25) is 5.91 Å². The number of fused-ring (bicyclic) bond motifs is 1. The van der Waals surface area contributed by atoms with Crippen LogP contribution in [0.5, 0.6) is 0 Å². The SMILES string of the molecule is CCC1(CCCCCl)C(=O)Nc2ccc(NS(=O)O)cc21. The Hall–Kier alpha value is -1.11. The molecule has 0 spiro atoms. The molecule has 0 aromatic heterocycles. The first-order chi connectivity index (χ1) is 10.0. The fourth-order valence-corrected chi connectivity index (χ4v) is 3.39. The van der Waals surface area contributed by atoms with Gasteiger partial charge < -0.3 is 5.32 Å². The van der Waals surface area contributed by atoms with Gasteiger partial charge in [0.1, 0.15) is 0 Å². The number of carbonyl (C=O) groups is 1. The first-order valence-corrected chi connectivity index (χ1v) is 8.57. The summed E-state index contributed by atoms with van der Waals surface area (Å²) in [4.78, 5) is 12.4. The summed E-state index contributed by atoms with van der Waals surface area (Å²) in [7, 11) is 0. The predicted molar refractivity (Wildman–Crippen MR) is 86.0 cm³/mol. The zero-order chi connectivity index (χ0) is 15.5. The fourth-order valence-electron chi connectivity index (χ4n) is 2.88. The Morgan fingerprint density at radius 2 is 2.19 bits per heavy atom. The molecule has 0 bridgehead atoms. The van der Waals surface area contributed by atoms with Gasteiger partial charge >= 0.3 is 0 Å². The second kappa shape index (κ2) is 6.77. The third-order valence-electron chi connectivity index (χ3n) is 4.01. The van der Waals surface area contributed by atoms with Gasteiger partial charge in [-0.3, -0.25) is 14.1 Å². The van der Waals surface area contributed by atoms with Crippen molar-refractivity contribution in [2.24, 2.45) is 0 Å². The van der Waals surface area contributed by atoms with Crippen LogP contribution in [-0.2, 0) is 21.5 Å². The summed E-state index contributed by atoms with van der Waals surface area (Å²) >= 11 is 3.59. The second-order valence-corrected chi connectivity index (χ2v) is 6.23. The zero-order valence-corrected chi connectivity index (χ0v) is 13.4. The van der Waals surface area contributed by atoms with Gasteiger partial charge in [-0.15, -0.1) is 11.6 Å². The molecule has 0 aliphatic carbocycles. The van der Waals surface area contributed by atoms with Gasteiger partial charge in [-0.05, 0) is 43.0 Å². The Labute approximate surface area is 131 Å². The Morgan fingerprint density at radius 1 is 1.43 bits per heavy atom. The summed E-state index contributed by atoms with van der Waals surface area (Å²) in [6, 6.07) is 5.23. The molecule has 1 aromatic rings. The van der Waals surface area contributed by atoms with Crippen LogP contribution in [0.4, 0.5) is 11.4 Å². The van der Waals surface area contributed by atoms with Gasteiger partial charge in [-0.1, -0.05) is 13.3 Å². The summed E-state index contributed by atoms with van der Waals surface area (Å²) in [5.41, 5.74) is 1.62. The molecule has 0 fully saturated rings. The highest BCUT2D eigenvalue weighted by Gasteiger charge is 2.44. The maximum absolute atomic E-state index is 12.4. The minimum atomic E-state index is -2.13. The molecule has 1 heterocycles. The Bertz CT molecular complexity index is 567. The van der Waals surface area contributed by atoms with E-state index in [0.717, 1.165) is 30.5 Å². The summed E-state index contributed by atoms with van der Waals surface area (Å²) in [6.45, 7) is 1.99. The van der Waals surface area contributed by atoms with Crippen molar-refractivity contribution in [1.82, 2.24) is 0 Å². The number of nitrogens with one attached hydrogen (secondary N) is 2. The third kappa shape index (κ3) is 3.22. The quantitative estimate of drug-likeness (QED) is 0.408. The Kier molecular flexibility index (Phi) is 5.24. The highest BCUT2D eigenvalue weighted by Crippen LogP contribution is 2.44. The van der Waals surface area contributed by atoms with E-state index in [9.17, 15) is 9.00 Å². The minimum absolute atomic E-state index is 0.00292. The number of hydrogen-bond donors (Lipinski definition) is 3. The number of anilines is 2. The van der Waals surface area contributed by atoms with Crippen LogP contribution in [0.15, 0.2) is 18.2 Å². The van der Waals surface area contributed by atoms with E-state index in [-0.39, 0.29) is 5.91 Å². The minimum Gasteiger partial charge on any atom is -0.325 e. The molecule has 2 atom stereocenters. The van der Waals surface area contributed by atoms with Crippen LogP contribution in [0.25, 0.3) is 0 Å². The van der Waals surface area contributed by atoms with Crippen molar-refractivity contribution in [2.75, 3.05) is 15.9 Å². The fraction of sp³-hybridized carbons (Fsp3) is 0.500. The molecule has 116 valence electrons. The van der Waals surface area contributed by atoms with Crippen molar-refractivity contribution >= 4 is 40.1 Å². The van der Waals surface area contributed by atoms with Crippen molar-refractivity contribution in [2.45, 2.75) is 38.0 Å². The predicted octanol–water partition coefficient (Wildman–Crippen LogP) is 3.24. The highest BCUT2D eigenvalue weighted by molar-refractivity contribution is 7.80. The van der Waals surface area contributed by atoms with Crippen LogP contribution >= 0.6 is 11.6 Å². The molecule has 1 aliphatic rings. The van der Waals surface area contributed by atoms with E-state index in [2.05, 4.69) is 10.0 Å². The van der Waals surface area contributed by atoms with Crippen LogP contribution in [0.1, 0.15) is 38.2 Å². The molecule has 1 aliphatic heterocycles. The normalized spacial score (nSPS) is 21.8. The number of benzene rings is 1. The average molecular weight is 331 g/mol. The number of carbonyl (C=O) groups excluding carboxylic acids is 1. The van der Waals surface area contributed by atoms with E-state index in [1.807, 2.05) is 6.92 Å². The van der Waals surface area contributed by atoms with E-state index < -0.39 is 16.7 Å². The largest absolute Gasteiger partial charge is 0.325 e. The average Bonchev–Trinajstić information content (AvgIpc) is 2.71. The van der Waals surface area contributed by atoms with Crippen LogP contribution in [0.3, 0.4) is 0 Å². The number of hydrogen-bond acceptors (Lipinski definition) is 2. The van der Waals surface area contributed by atoms with Crippen molar-refractivity contribution < 1.29 is 13.6 Å². The third-order valence-corrected chi connectivity index (χ3v) is 4.69. The molecule has 21 heavy (non-hydrogen) atoms. The molecule has 0 saturated heterocycles. The molecule has 7 heteroatoms. The lowest BCUT2D eigenvalue weighted by molar-refractivity contribution is -0.121. The number of alkyl halides is 1. The molecule has 2 rings (SSSR count). The van der Waals surface area contributed by atoms with Crippen molar-refractivity contribution in [1.29, 1.82) is 0 Å². The molecule has 5 nitrogen and oxygen atoms in total.